The van der Waals surface area contributed by atoms with Crippen LogP contribution in [-0.4, -0.2) is 116 Å². The van der Waals surface area contributed by atoms with Crippen LogP contribution in [0.25, 0.3) is 0 Å². The molecule has 7 aromatic rings. The second-order valence-corrected chi connectivity index (χ2v) is 18.6. The van der Waals surface area contributed by atoms with Crippen LogP contribution in [0.1, 0.15) is 74.6 Å². The van der Waals surface area contributed by atoms with Crippen LogP contribution < -0.4 is 5.32 Å². The van der Waals surface area contributed by atoms with E-state index in [9.17, 15) is 33.6 Å². The largest absolute Gasteiger partial charge is 0.459 e. The number of nitrogens with one attached hydrogen (secondary N) is 1. The highest BCUT2D eigenvalue weighted by Gasteiger charge is 2.59. The summed E-state index contributed by atoms with van der Waals surface area (Å²) >= 11 is 0. The molecule has 414 valence electrons. The Hall–Kier alpha value is -9.33. The molecule has 0 saturated carbocycles. The van der Waals surface area contributed by atoms with E-state index in [4.69, 9.17) is 47.4 Å². The van der Waals surface area contributed by atoms with E-state index in [2.05, 4.69) is 5.32 Å². The van der Waals surface area contributed by atoms with Crippen molar-refractivity contribution in [1.29, 1.82) is 0 Å². The summed E-state index contributed by atoms with van der Waals surface area (Å²) in [5, 5.41) is 2.81. The zero-order valence-electron chi connectivity index (χ0n) is 43.5. The number of carbonyl (C=O) groups excluding carboxylic acids is 7. The van der Waals surface area contributed by atoms with E-state index >= 15 is 0 Å². The Morgan fingerprint density at radius 1 is 0.432 bits per heavy atom. The summed E-state index contributed by atoms with van der Waals surface area (Å²) in [6, 6.07) is 55.1. The SMILES string of the molecule is CC(=O)N[C@H]1[C@@H](OCc2ccccc2)O[C@H](COC(=O)c2ccccc2)[C@@H](O[C@@H]2O[C@@H]([C@@H](COC(=O)c3ccccc3)OC(=O)c3ccccc3)[C@H](OC(=O)c3ccccc3)[C@H]2OC(=O)c2ccccc2)[C@@H]1OC(=O)c1ccccc1. The Morgan fingerprint density at radius 3 is 1.28 bits per heavy atom. The van der Waals surface area contributed by atoms with Gasteiger partial charge in [-0.15, -0.1) is 0 Å². The molecule has 18 heteroatoms. The van der Waals surface area contributed by atoms with Gasteiger partial charge in [-0.2, -0.15) is 0 Å². The molecular formula is C63H55NO17. The van der Waals surface area contributed by atoms with Crippen molar-refractivity contribution in [3.8, 4) is 0 Å². The summed E-state index contributed by atoms with van der Waals surface area (Å²) in [6.45, 7) is -0.208. The molecule has 0 spiro atoms. The molecule has 0 unspecified atom stereocenters. The topological polar surface area (TPSA) is 224 Å². The van der Waals surface area contributed by atoms with Gasteiger partial charge in [0.05, 0.1) is 40.0 Å². The normalized spacial score (nSPS) is 21.5. The van der Waals surface area contributed by atoms with E-state index in [1.165, 1.54) is 79.7 Å². The Bertz CT molecular complexity index is 3210. The number of carbonyl (C=O) groups is 7. The minimum Gasteiger partial charge on any atom is -0.459 e. The lowest BCUT2D eigenvalue weighted by Gasteiger charge is -2.46. The van der Waals surface area contributed by atoms with E-state index in [0.717, 1.165) is 0 Å². The number of ether oxygens (including phenoxy) is 10. The highest BCUT2D eigenvalue weighted by Crippen LogP contribution is 2.37. The van der Waals surface area contributed by atoms with Crippen molar-refractivity contribution < 1.29 is 80.9 Å². The molecule has 18 nitrogen and oxygen atoms in total. The lowest BCUT2D eigenvalue weighted by Crippen LogP contribution is -2.67. The molecule has 81 heavy (non-hydrogen) atoms. The summed E-state index contributed by atoms with van der Waals surface area (Å²) in [7, 11) is 0. The molecule has 1 amide bonds. The summed E-state index contributed by atoms with van der Waals surface area (Å²) < 4.78 is 63.6. The molecule has 2 saturated heterocycles. The van der Waals surface area contributed by atoms with Crippen molar-refractivity contribution in [2.45, 2.75) is 74.9 Å². The Morgan fingerprint density at radius 2 is 0.827 bits per heavy atom. The van der Waals surface area contributed by atoms with E-state index < -0.39 is 116 Å². The van der Waals surface area contributed by atoms with Crippen LogP contribution in [-0.2, 0) is 58.8 Å². The first kappa shape index (κ1) is 56.4. The number of hydrogen-bond donors (Lipinski definition) is 1. The van der Waals surface area contributed by atoms with Gasteiger partial charge in [0, 0.05) is 6.92 Å². The van der Waals surface area contributed by atoms with Crippen molar-refractivity contribution in [3.05, 3.63) is 251 Å². The van der Waals surface area contributed by atoms with Crippen molar-refractivity contribution in [2.75, 3.05) is 13.2 Å². The van der Waals surface area contributed by atoms with Crippen molar-refractivity contribution in [2.24, 2.45) is 0 Å². The highest BCUT2D eigenvalue weighted by atomic mass is 16.8. The minimum absolute atomic E-state index is 0.0437. The minimum atomic E-state index is -1.93. The van der Waals surface area contributed by atoms with Gasteiger partial charge in [-0.3, -0.25) is 4.79 Å². The molecule has 2 aliphatic heterocycles. The molecule has 0 aliphatic carbocycles. The van der Waals surface area contributed by atoms with Crippen LogP contribution in [0.3, 0.4) is 0 Å². The van der Waals surface area contributed by atoms with Crippen LogP contribution in [0.4, 0.5) is 0 Å². The molecule has 2 heterocycles. The Kier molecular flexibility index (Phi) is 19.2. The molecule has 2 fully saturated rings. The van der Waals surface area contributed by atoms with Gasteiger partial charge in [-0.05, 0) is 78.4 Å². The lowest BCUT2D eigenvalue weighted by atomic mass is 9.95. The third kappa shape index (κ3) is 14.9. The average Bonchev–Trinajstić information content (AvgIpc) is 3.98. The van der Waals surface area contributed by atoms with Gasteiger partial charge in [0.2, 0.25) is 5.91 Å². The fourth-order valence-electron chi connectivity index (χ4n) is 9.00. The standard InChI is InChI=1S/C63H55NO17/c1-40(65)64-50-53(77-59(69)45-31-17-6-18-32-45)51(49(39-73-57(67)43-27-13-4-14-28-43)76-62(50)74-37-41-23-9-2-10-24-41)80-63-55(79-61(71)47-35-21-8-22-36-47)54(78-60(70)46-33-19-7-20-34-46)52(81-63)48(75-58(68)44-29-15-5-16-30-44)38-72-56(66)42-25-11-3-12-26-42/h2-36,48-55,62-63H,37-39H2,1H3,(H,64,65)/t48-,49-,50-,51-,52+,53-,54+,55-,62+,63-/m1/s1. The average molecular weight is 1100 g/mol. The lowest BCUT2D eigenvalue weighted by molar-refractivity contribution is -0.309. The summed E-state index contributed by atoms with van der Waals surface area (Å²) in [4.78, 5) is 98.2. The van der Waals surface area contributed by atoms with Crippen molar-refractivity contribution in [1.82, 2.24) is 5.32 Å². The third-order valence-electron chi connectivity index (χ3n) is 12.9. The smallest absolute Gasteiger partial charge is 0.338 e. The van der Waals surface area contributed by atoms with Crippen LogP contribution in [0.15, 0.2) is 212 Å². The van der Waals surface area contributed by atoms with Crippen LogP contribution in [0.2, 0.25) is 0 Å². The molecule has 7 aromatic carbocycles. The zero-order valence-corrected chi connectivity index (χ0v) is 43.5. The number of benzene rings is 7. The number of hydrogen-bond acceptors (Lipinski definition) is 17. The van der Waals surface area contributed by atoms with Crippen LogP contribution in [0.5, 0.6) is 0 Å². The van der Waals surface area contributed by atoms with Gasteiger partial charge in [0.1, 0.15) is 37.6 Å². The summed E-state index contributed by atoms with van der Waals surface area (Å²) in [6.07, 6.45) is -15.2. The molecule has 1 N–H and O–H groups in total. The summed E-state index contributed by atoms with van der Waals surface area (Å²) in [5.41, 5.74) is 1.29. The van der Waals surface area contributed by atoms with Crippen LogP contribution in [0, 0.1) is 0 Å². The quantitative estimate of drug-likeness (QED) is 0.0529. The number of esters is 6. The molecule has 0 bridgehead atoms. The Balaban J connectivity index is 1.17. The molecule has 2 aliphatic rings. The maximum atomic E-state index is 14.5. The molecule has 0 radical (unpaired) electrons. The fraction of sp³-hybridized carbons (Fsp3) is 0.222. The van der Waals surface area contributed by atoms with Crippen molar-refractivity contribution in [3.63, 3.8) is 0 Å². The number of rotatable bonds is 21. The van der Waals surface area contributed by atoms with Gasteiger partial charge in [-0.25, -0.2) is 28.8 Å². The molecular weight excluding hydrogens is 1040 g/mol. The van der Waals surface area contributed by atoms with Gasteiger partial charge in [0.25, 0.3) is 0 Å². The van der Waals surface area contributed by atoms with Crippen molar-refractivity contribution >= 4 is 41.7 Å². The van der Waals surface area contributed by atoms with E-state index in [1.54, 1.807) is 133 Å². The second-order valence-electron chi connectivity index (χ2n) is 18.6. The molecule has 10 atom stereocenters. The first-order valence-corrected chi connectivity index (χ1v) is 25.9. The zero-order chi connectivity index (χ0) is 56.5. The van der Waals surface area contributed by atoms with Gasteiger partial charge < -0.3 is 52.7 Å². The third-order valence-corrected chi connectivity index (χ3v) is 12.9. The summed E-state index contributed by atoms with van der Waals surface area (Å²) in [5.74, 6) is -5.94. The van der Waals surface area contributed by atoms with E-state index in [1.807, 2.05) is 6.07 Å². The van der Waals surface area contributed by atoms with Gasteiger partial charge in [0.15, 0.2) is 37.0 Å². The highest BCUT2D eigenvalue weighted by molar-refractivity contribution is 5.92. The predicted molar refractivity (Wildman–Crippen MR) is 287 cm³/mol. The first-order chi connectivity index (χ1) is 39.5. The van der Waals surface area contributed by atoms with Gasteiger partial charge in [-0.1, -0.05) is 140 Å². The first-order valence-electron chi connectivity index (χ1n) is 25.9. The molecule has 9 rings (SSSR count). The maximum absolute atomic E-state index is 14.5. The van der Waals surface area contributed by atoms with E-state index in [-0.39, 0.29) is 40.0 Å². The number of amides is 1. The molecule has 0 aromatic heterocycles. The maximum Gasteiger partial charge on any atom is 0.338 e. The van der Waals surface area contributed by atoms with Gasteiger partial charge >= 0.3 is 35.8 Å². The fourth-order valence-corrected chi connectivity index (χ4v) is 9.00. The van der Waals surface area contributed by atoms with E-state index in [0.29, 0.717) is 5.56 Å². The monoisotopic (exact) mass is 1100 g/mol. The predicted octanol–water partition coefficient (Wildman–Crippen LogP) is 8.16. The second kappa shape index (κ2) is 27.5. The van der Waals surface area contributed by atoms with Crippen LogP contribution >= 0.6 is 0 Å². The Labute approximate surface area is 465 Å².